The molecule has 1 aliphatic rings. The van der Waals surface area contributed by atoms with Crippen LogP contribution >= 0.6 is 35.6 Å². The highest BCUT2D eigenvalue weighted by atomic mass is 127. The lowest BCUT2D eigenvalue weighted by molar-refractivity contribution is 0.111. The Morgan fingerprint density at radius 2 is 2.04 bits per heavy atom. The van der Waals surface area contributed by atoms with Crippen LogP contribution in [0.4, 0.5) is 4.79 Å². The van der Waals surface area contributed by atoms with E-state index in [2.05, 4.69) is 28.6 Å². The number of amides is 1. The third-order valence-corrected chi connectivity index (χ3v) is 4.81. The number of piperidine rings is 1. The number of hydrogen-bond donors (Lipinski definition) is 2. The zero-order valence-electron chi connectivity index (χ0n) is 16.0. The molecule has 27 heavy (non-hydrogen) atoms. The van der Waals surface area contributed by atoms with Gasteiger partial charge in [0.2, 0.25) is 0 Å². The first-order valence-corrected chi connectivity index (χ1v) is 9.63. The van der Waals surface area contributed by atoms with Crippen LogP contribution in [-0.2, 0) is 11.2 Å². The molecule has 0 atom stereocenters. The zero-order chi connectivity index (χ0) is 18.8. The smallest absolute Gasteiger partial charge is 0.409 e. The molecule has 0 aliphatic carbocycles. The summed E-state index contributed by atoms with van der Waals surface area (Å²) in [4.78, 5) is 18.0. The lowest BCUT2D eigenvalue weighted by atomic mass is 10.1. The molecule has 1 aromatic rings. The number of ether oxygens (including phenoxy) is 1. The quantitative estimate of drug-likeness (QED) is 0.266. The van der Waals surface area contributed by atoms with Crippen molar-refractivity contribution >= 4 is 47.6 Å². The summed E-state index contributed by atoms with van der Waals surface area (Å²) in [6, 6.07) is 8.26. The van der Waals surface area contributed by atoms with E-state index in [1.807, 2.05) is 18.2 Å². The van der Waals surface area contributed by atoms with Crippen molar-refractivity contribution in [2.75, 3.05) is 33.3 Å². The fourth-order valence-electron chi connectivity index (χ4n) is 3.01. The maximum absolute atomic E-state index is 11.6. The van der Waals surface area contributed by atoms with E-state index in [0.29, 0.717) is 19.1 Å². The largest absolute Gasteiger partial charge is 0.453 e. The van der Waals surface area contributed by atoms with Crippen LogP contribution in [0.15, 0.2) is 29.3 Å². The number of benzene rings is 1. The Morgan fingerprint density at radius 3 is 2.67 bits per heavy atom. The van der Waals surface area contributed by atoms with Crippen LogP contribution in [0.1, 0.15) is 31.7 Å². The second-order valence-electron chi connectivity index (χ2n) is 6.33. The van der Waals surface area contributed by atoms with Gasteiger partial charge in [-0.05, 0) is 44.2 Å². The molecule has 6 nitrogen and oxygen atoms in total. The van der Waals surface area contributed by atoms with Crippen molar-refractivity contribution in [1.29, 1.82) is 0 Å². The molecule has 0 saturated carbocycles. The second-order valence-corrected chi connectivity index (χ2v) is 6.74. The molecule has 0 aromatic heterocycles. The monoisotopic (exact) mass is 508 g/mol. The number of nitrogens with one attached hydrogen (secondary N) is 2. The van der Waals surface area contributed by atoms with Gasteiger partial charge in [-0.3, -0.25) is 4.99 Å². The van der Waals surface area contributed by atoms with Crippen molar-refractivity contribution in [3.05, 3.63) is 34.9 Å². The maximum atomic E-state index is 11.6. The molecular weight excluding hydrogens is 479 g/mol. The maximum Gasteiger partial charge on any atom is 0.409 e. The summed E-state index contributed by atoms with van der Waals surface area (Å²) in [5.74, 6) is 0.836. The summed E-state index contributed by atoms with van der Waals surface area (Å²) in [6.07, 6.45) is 3.39. The Morgan fingerprint density at radius 1 is 1.33 bits per heavy atom. The van der Waals surface area contributed by atoms with Gasteiger partial charge >= 0.3 is 6.09 Å². The standard InChI is InChI=1S/C19H29ClN4O2.HI/c1-3-21-18(22-12-6-8-15-7-4-5-9-17(15)20)23-16-10-13-24(14-11-16)19(25)26-2;/h4-5,7,9,16H,3,6,8,10-14H2,1-2H3,(H2,21,22,23);1H. The van der Waals surface area contributed by atoms with Gasteiger partial charge in [-0.25, -0.2) is 4.79 Å². The third kappa shape index (κ3) is 8.13. The Hall–Kier alpha value is -1.22. The molecule has 2 rings (SSSR count). The molecule has 1 amide bonds. The minimum Gasteiger partial charge on any atom is -0.453 e. The van der Waals surface area contributed by atoms with Crippen LogP contribution in [-0.4, -0.2) is 56.3 Å². The summed E-state index contributed by atoms with van der Waals surface area (Å²) in [6.45, 7) is 5.02. The number of carbonyl (C=O) groups is 1. The van der Waals surface area contributed by atoms with E-state index in [0.717, 1.165) is 55.3 Å². The lowest BCUT2D eigenvalue weighted by Gasteiger charge is -2.32. The van der Waals surface area contributed by atoms with Gasteiger partial charge in [0.05, 0.1) is 7.11 Å². The van der Waals surface area contributed by atoms with E-state index in [1.165, 1.54) is 7.11 Å². The van der Waals surface area contributed by atoms with Gasteiger partial charge in [0.1, 0.15) is 0 Å². The van der Waals surface area contributed by atoms with Crippen molar-refractivity contribution in [2.24, 2.45) is 4.99 Å². The number of methoxy groups -OCH3 is 1. The summed E-state index contributed by atoms with van der Waals surface area (Å²) in [5.41, 5.74) is 1.16. The number of halogens is 2. The topological polar surface area (TPSA) is 66.0 Å². The van der Waals surface area contributed by atoms with Crippen LogP contribution in [0.25, 0.3) is 0 Å². The second kappa shape index (κ2) is 13.0. The number of guanidine groups is 1. The first-order valence-electron chi connectivity index (χ1n) is 9.25. The van der Waals surface area contributed by atoms with E-state index in [9.17, 15) is 4.79 Å². The number of hydrogen-bond acceptors (Lipinski definition) is 3. The minimum atomic E-state index is -0.247. The van der Waals surface area contributed by atoms with Crippen LogP contribution < -0.4 is 10.6 Å². The molecule has 1 fully saturated rings. The lowest BCUT2D eigenvalue weighted by Crippen LogP contribution is -2.49. The van der Waals surface area contributed by atoms with E-state index < -0.39 is 0 Å². The number of likely N-dealkylation sites (tertiary alicyclic amines) is 1. The molecule has 0 radical (unpaired) electrons. The van der Waals surface area contributed by atoms with Crippen molar-refractivity contribution in [3.8, 4) is 0 Å². The average molecular weight is 509 g/mol. The molecule has 1 aromatic carbocycles. The molecular formula is C19H30ClIN4O2. The van der Waals surface area contributed by atoms with Gasteiger partial charge in [0.25, 0.3) is 0 Å². The van der Waals surface area contributed by atoms with Crippen LogP contribution in [0.3, 0.4) is 0 Å². The summed E-state index contributed by atoms with van der Waals surface area (Å²) >= 11 is 6.19. The van der Waals surface area contributed by atoms with Gasteiger partial charge in [-0.2, -0.15) is 0 Å². The molecule has 1 aliphatic heterocycles. The number of nitrogens with zero attached hydrogens (tertiary/aromatic N) is 2. The molecule has 0 spiro atoms. The van der Waals surface area contributed by atoms with Gasteiger partial charge in [-0.15, -0.1) is 24.0 Å². The van der Waals surface area contributed by atoms with Gasteiger partial charge in [-0.1, -0.05) is 29.8 Å². The van der Waals surface area contributed by atoms with Crippen molar-refractivity contribution in [1.82, 2.24) is 15.5 Å². The number of aliphatic imine (C=N–C) groups is 1. The number of carbonyl (C=O) groups excluding carboxylic acids is 1. The molecule has 8 heteroatoms. The Kier molecular flexibility index (Phi) is 11.5. The van der Waals surface area contributed by atoms with Gasteiger partial charge < -0.3 is 20.3 Å². The van der Waals surface area contributed by atoms with Crippen molar-refractivity contribution in [3.63, 3.8) is 0 Å². The van der Waals surface area contributed by atoms with E-state index >= 15 is 0 Å². The molecule has 0 unspecified atom stereocenters. The number of aryl methyl sites for hydroxylation is 1. The number of rotatable bonds is 6. The Balaban J connectivity index is 0.00000364. The highest BCUT2D eigenvalue weighted by molar-refractivity contribution is 14.0. The van der Waals surface area contributed by atoms with Crippen molar-refractivity contribution in [2.45, 2.75) is 38.6 Å². The predicted molar refractivity (Wildman–Crippen MR) is 121 cm³/mol. The zero-order valence-corrected chi connectivity index (χ0v) is 19.1. The highest BCUT2D eigenvalue weighted by Crippen LogP contribution is 2.16. The van der Waals surface area contributed by atoms with Crippen LogP contribution in [0.5, 0.6) is 0 Å². The first-order chi connectivity index (χ1) is 12.6. The van der Waals surface area contributed by atoms with Gasteiger partial charge in [0.15, 0.2) is 5.96 Å². The fraction of sp³-hybridized carbons (Fsp3) is 0.579. The highest BCUT2D eigenvalue weighted by Gasteiger charge is 2.23. The SMILES string of the molecule is CCNC(=NCCCc1ccccc1Cl)NC1CCN(C(=O)OC)CC1.I. The van der Waals surface area contributed by atoms with Gasteiger partial charge in [0, 0.05) is 37.2 Å². The summed E-state index contributed by atoms with van der Waals surface area (Å²) in [7, 11) is 1.42. The molecule has 2 N–H and O–H groups in total. The normalized spacial score (nSPS) is 15.1. The fourth-order valence-corrected chi connectivity index (χ4v) is 3.24. The third-order valence-electron chi connectivity index (χ3n) is 4.44. The summed E-state index contributed by atoms with van der Waals surface area (Å²) in [5, 5.41) is 7.59. The van der Waals surface area contributed by atoms with Crippen LogP contribution in [0, 0.1) is 0 Å². The summed E-state index contributed by atoms with van der Waals surface area (Å²) < 4.78 is 4.78. The Labute approximate surface area is 184 Å². The van der Waals surface area contributed by atoms with E-state index in [-0.39, 0.29) is 30.1 Å². The molecule has 0 bridgehead atoms. The minimum absolute atomic E-state index is 0. The molecule has 1 heterocycles. The predicted octanol–water partition coefficient (Wildman–Crippen LogP) is 3.68. The first kappa shape index (κ1) is 23.8. The molecule has 152 valence electrons. The average Bonchev–Trinajstić information content (AvgIpc) is 2.66. The Bertz CT molecular complexity index is 607. The van der Waals surface area contributed by atoms with Crippen LogP contribution in [0.2, 0.25) is 5.02 Å². The molecule has 1 saturated heterocycles. The van der Waals surface area contributed by atoms with E-state index in [1.54, 1.807) is 4.90 Å². The van der Waals surface area contributed by atoms with Crippen molar-refractivity contribution < 1.29 is 9.53 Å². The van der Waals surface area contributed by atoms with E-state index in [4.69, 9.17) is 16.3 Å².